The third-order valence-electron chi connectivity index (χ3n) is 4.60. The van der Waals surface area contributed by atoms with Gasteiger partial charge in [0.05, 0.1) is 16.8 Å². The van der Waals surface area contributed by atoms with Crippen LogP contribution < -0.4 is 15.6 Å². The summed E-state index contributed by atoms with van der Waals surface area (Å²) in [4.78, 5) is 27.5. The minimum Gasteiger partial charge on any atom is -0.508 e. The summed E-state index contributed by atoms with van der Waals surface area (Å²) in [6.45, 7) is 0. The third kappa shape index (κ3) is 6.69. The quantitative estimate of drug-likeness (QED) is 0.280. The number of carbonyl (C=O) groups excluding carboxylic acids is 2. The molecule has 0 bridgehead atoms. The van der Waals surface area contributed by atoms with Crippen LogP contribution in [-0.4, -0.2) is 37.2 Å². The zero-order valence-electron chi connectivity index (χ0n) is 18.1. The lowest BCUT2D eigenvalue weighted by Gasteiger charge is -2.13. The lowest BCUT2D eigenvalue weighted by molar-refractivity contribution is -0.117. The van der Waals surface area contributed by atoms with Gasteiger partial charge in [-0.25, -0.2) is 5.43 Å². The number of phenols is 1. The van der Waals surface area contributed by atoms with Crippen LogP contribution in [0.5, 0.6) is 5.75 Å². The monoisotopic (exact) mass is 462 g/mol. The van der Waals surface area contributed by atoms with Crippen molar-refractivity contribution in [2.24, 2.45) is 5.10 Å². The van der Waals surface area contributed by atoms with E-state index in [9.17, 15) is 14.7 Å². The second kappa shape index (κ2) is 11.0. The minimum atomic E-state index is -0.609. The lowest BCUT2D eigenvalue weighted by Crippen LogP contribution is -2.33. The molecule has 0 atom stereocenters. The molecule has 0 aliphatic heterocycles. The summed E-state index contributed by atoms with van der Waals surface area (Å²) < 4.78 is 0. The first kappa shape index (κ1) is 23.6. The highest BCUT2D eigenvalue weighted by molar-refractivity contribution is 6.34. The van der Waals surface area contributed by atoms with E-state index in [0.29, 0.717) is 11.1 Å². The number of anilines is 1. The van der Waals surface area contributed by atoms with E-state index in [-0.39, 0.29) is 22.0 Å². The van der Waals surface area contributed by atoms with Gasteiger partial charge in [-0.3, -0.25) is 9.59 Å². The Morgan fingerprint density at radius 2 is 1.58 bits per heavy atom. The van der Waals surface area contributed by atoms with Crippen LogP contribution in [0.15, 0.2) is 83.6 Å². The van der Waals surface area contributed by atoms with Crippen LogP contribution in [0.1, 0.15) is 21.5 Å². The summed E-state index contributed by atoms with van der Waals surface area (Å²) in [5.74, 6) is -1.000. The number of halogens is 1. The average molecular weight is 463 g/mol. The summed E-state index contributed by atoms with van der Waals surface area (Å²) in [6, 6.07) is 20.4. The maximum Gasteiger partial charge on any atom is 0.287 e. The summed E-state index contributed by atoms with van der Waals surface area (Å²) >= 11 is 6.13. The molecule has 3 N–H and O–H groups in total. The van der Waals surface area contributed by atoms with Gasteiger partial charge in [0.2, 0.25) is 0 Å². The summed E-state index contributed by atoms with van der Waals surface area (Å²) in [7, 11) is 3.86. The molecule has 0 unspecified atom stereocenters. The Bertz CT molecular complexity index is 1190. The van der Waals surface area contributed by atoms with Gasteiger partial charge in [-0.05, 0) is 65.7 Å². The first-order valence-corrected chi connectivity index (χ1v) is 10.4. The van der Waals surface area contributed by atoms with Crippen molar-refractivity contribution in [3.05, 3.63) is 100 Å². The molecule has 0 heterocycles. The van der Waals surface area contributed by atoms with Crippen LogP contribution in [0.3, 0.4) is 0 Å². The van der Waals surface area contributed by atoms with Gasteiger partial charge in [0.15, 0.2) is 0 Å². The van der Waals surface area contributed by atoms with Crippen LogP contribution in [0.4, 0.5) is 5.69 Å². The van der Waals surface area contributed by atoms with Gasteiger partial charge < -0.3 is 15.3 Å². The van der Waals surface area contributed by atoms with E-state index in [2.05, 4.69) is 15.8 Å². The van der Waals surface area contributed by atoms with E-state index in [4.69, 9.17) is 11.6 Å². The van der Waals surface area contributed by atoms with Gasteiger partial charge in [0.25, 0.3) is 11.8 Å². The topological polar surface area (TPSA) is 94.0 Å². The second-order valence-electron chi connectivity index (χ2n) is 7.27. The molecule has 0 fully saturated rings. The summed E-state index contributed by atoms with van der Waals surface area (Å²) in [5.41, 5.74) is 5.05. The number of hydrogen-bond donors (Lipinski definition) is 3. The van der Waals surface area contributed by atoms with Crippen molar-refractivity contribution in [3.8, 4) is 5.75 Å². The standard InChI is InChI=1S/C25H23ClN4O3/c1-30(2)19-11-7-17(8-12-19)15-23(28-24(32)21-5-3-4-6-22(21)26)25(33)29-27-16-18-9-13-20(31)14-10-18/h3-16,31H,1-2H3,(H,28,32)(H,29,33)/b23-15-,27-16+. The molecule has 0 saturated heterocycles. The predicted octanol–water partition coefficient (Wildman–Crippen LogP) is 4.03. The number of hydrogen-bond acceptors (Lipinski definition) is 5. The van der Waals surface area contributed by atoms with Gasteiger partial charge in [-0.1, -0.05) is 35.9 Å². The van der Waals surface area contributed by atoms with E-state index >= 15 is 0 Å². The van der Waals surface area contributed by atoms with Crippen LogP contribution in [0, 0.1) is 0 Å². The van der Waals surface area contributed by atoms with Crippen molar-refractivity contribution in [2.45, 2.75) is 0 Å². The highest BCUT2D eigenvalue weighted by Gasteiger charge is 2.16. The smallest absolute Gasteiger partial charge is 0.287 e. The van der Waals surface area contributed by atoms with E-state index in [1.165, 1.54) is 18.3 Å². The van der Waals surface area contributed by atoms with Gasteiger partial charge in [-0.2, -0.15) is 5.10 Å². The van der Waals surface area contributed by atoms with Gasteiger partial charge in [0, 0.05) is 19.8 Å². The lowest BCUT2D eigenvalue weighted by atomic mass is 10.1. The van der Waals surface area contributed by atoms with Crippen molar-refractivity contribution in [1.29, 1.82) is 0 Å². The van der Waals surface area contributed by atoms with E-state index in [0.717, 1.165) is 5.69 Å². The number of nitrogens with zero attached hydrogens (tertiary/aromatic N) is 2. The number of aromatic hydroxyl groups is 1. The molecule has 0 aliphatic rings. The first-order chi connectivity index (χ1) is 15.8. The molecule has 3 rings (SSSR count). The molecule has 0 aromatic heterocycles. The van der Waals surface area contributed by atoms with Crippen molar-refractivity contribution < 1.29 is 14.7 Å². The van der Waals surface area contributed by atoms with Crippen molar-refractivity contribution in [2.75, 3.05) is 19.0 Å². The molecular formula is C25H23ClN4O3. The Balaban J connectivity index is 1.83. The van der Waals surface area contributed by atoms with E-state index < -0.39 is 11.8 Å². The van der Waals surface area contributed by atoms with Crippen molar-refractivity contribution in [3.63, 3.8) is 0 Å². The van der Waals surface area contributed by atoms with Crippen molar-refractivity contribution >= 4 is 41.4 Å². The van der Waals surface area contributed by atoms with E-state index in [1.807, 2.05) is 43.3 Å². The molecular weight excluding hydrogens is 440 g/mol. The Kier molecular flexibility index (Phi) is 7.83. The molecule has 33 heavy (non-hydrogen) atoms. The normalized spacial score (nSPS) is 11.3. The average Bonchev–Trinajstić information content (AvgIpc) is 2.80. The Labute approximate surface area is 197 Å². The Hall–Kier alpha value is -4.10. The van der Waals surface area contributed by atoms with Gasteiger partial charge in [0.1, 0.15) is 11.4 Å². The number of amides is 2. The highest BCUT2D eigenvalue weighted by Crippen LogP contribution is 2.17. The maximum absolute atomic E-state index is 12.8. The maximum atomic E-state index is 12.8. The van der Waals surface area contributed by atoms with Crippen LogP contribution in [0.2, 0.25) is 5.02 Å². The van der Waals surface area contributed by atoms with E-state index in [1.54, 1.807) is 42.5 Å². The zero-order chi connectivity index (χ0) is 23.8. The molecule has 0 spiro atoms. The molecule has 0 saturated carbocycles. The molecule has 7 nitrogen and oxygen atoms in total. The molecule has 2 amide bonds. The number of hydrazone groups is 1. The number of nitrogens with one attached hydrogen (secondary N) is 2. The molecule has 168 valence electrons. The first-order valence-electron chi connectivity index (χ1n) is 10.0. The minimum absolute atomic E-state index is 0.000351. The number of rotatable bonds is 7. The highest BCUT2D eigenvalue weighted by atomic mass is 35.5. The second-order valence-corrected chi connectivity index (χ2v) is 7.68. The van der Waals surface area contributed by atoms with Crippen LogP contribution in [0.25, 0.3) is 6.08 Å². The molecule has 0 radical (unpaired) electrons. The fourth-order valence-corrected chi connectivity index (χ4v) is 3.04. The SMILES string of the molecule is CN(C)c1ccc(/C=C(\NC(=O)c2ccccc2Cl)C(=O)N/N=C/c2ccc(O)cc2)cc1. The molecule has 8 heteroatoms. The number of benzene rings is 3. The summed E-state index contributed by atoms with van der Waals surface area (Å²) in [6.07, 6.45) is 2.98. The van der Waals surface area contributed by atoms with Crippen LogP contribution >= 0.6 is 11.6 Å². The van der Waals surface area contributed by atoms with Gasteiger partial charge in [-0.15, -0.1) is 0 Å². The number of carbonyl (C=O) groups is 2. The Morgan fingerprint density at radius 1 is 0.939 bits per heavy atom. The Morgan fingerprint density at radius 3 is 2.21 bits per heavy atom. The fraction of sp³-hybridized carbons (Fsp3) is 0.0800. The molecule has 0 aliphatic carbocycles. The molecule has 3 aromatic carbocycles. The molecule has 3 aromatic rings. The van der Waals surface area contributed by atoms with Gasteiger partial charge >= 0.3 is 0 Å². The van der Waals surface area contributed by atoms with Crippen LogP contribution in [-0.2, 0) is 4.79 Å². The summed E-state index contributed by atoms with van der Waals surface area (Å²) in [5, 5.41) is 16.2. The third-order valence-corrected chi connectivity index (χ3v) is 4.93. The van der Waals surface area contributed by atoms with Crippen molar-refractivity contribution in [1.82, 2.24) is 10.7 Å². The zero-order valence-corrected chi connectivity index (χ0v) is 18.9. The largest absolute Gasteiger partial charge is 0.508 e. The fourth-order valence-electron chi connectivity index (χ4n) is 2.81. The predicted molar refractivity (Wildman–Crippen MR) is 132 cm³/mol. The number of phenolic OH excluding ortho intramolecular Hbond substituents is 1.